The summed E-state index contributed by atoms with van der Waals surface area (Å²) in [4.78, 5) is 10.4. The summed E-state index contributed by atoms with van der Waals surface area (Å²) in [7, 11) is 0. The quantitative estimate of drug-likeness (QED) is 0.708. The van der Waals surface area contributed by atoms with Crippen molar-refractivity contribution in [2.45, 2.75) is 12.5 Å². The van der Waals surface area contributed by atoms with Crippen LogP contribution in [-0.4, -0.2) is 11.4 Å². The lowest BCUT2D eigenvalue weighted by molar-refractivity contribution is -0.123. The van der Waals surface area contributed by atoms with E-state index in [9.17, 15) is 18.7 Å². The minimum absolute atomic E-state index is 0.0972. The van der Waals surface area contributed by atoms with Gasteiger partial charge >= 0.3 is 0 Å². The van der Waals surface area contributed by atoms with Gasteiger partial charge in [-0.3, -0.25) is 4.79 Å². The van der Waals surface area contributed by atoms with E-state index in [1.54, 1.807) is 0 Å². The van der Waals surface area contributed by atoms with E-state index in [4.69, 9.17) is 0 Å². The smallest absolute Gasteiger partial charge is 0.155 e. The summed E-state index contributed by atoms with van der Waals surface area (Å²) in [6.45, 7) is 1.16. The molecule has 0 amide bonds. The normalized spacial score (nSPS) is 15.1. The van der Waals surface area contributed by atoms with E-state index in [1.807, 2.05) is 0 Å². The largest absolute Gasteiger partial charge is 0.378 e. The molecule has 0 heterocycles. The second-order valence-corrected chi connectivity index (χ2v) is 2.92. The Balaban J connectivity index is 3.22. The van der Waals surface area contributed by atoms with Crippen LogP contribution in [0.2, 0.25) is 0 Å². The Kier molecular flexibility index (Phi) is 2.43. The monoisotopic (exact) mass is 186 g/mol. The first-order valence-electron chi connectivity index (χ1n) is 3.61. The molecular weight excluding hydrogens is 178 g/mol. The van der Waals surface area contributed by atoms with Crippen LogP contribution in [0.4, 0.5) is 8.78 Å². The molecule has 0 saturated heterocycles. The Morgan fingerprint density at radius 3 is 2.15 bits per heavy atom. The van der Waals surface area contributed by atoms with Gasteiger partial charge in [-0.25, -0.2) is 8.78 Å². The molecule has 0 aromatic heterocycles. The van der Waals surface area contributed by atoms with Crippen LogP contribution in [0.25, 0.3) is 0 Å². The van der Waals surface area contributed by atoms with E-state index in [1.165, 1.54) is 0 Å². The van der Waals surface area contributed by atoms with Crippen molar-refractivity contribution in [1.82, 2.24) is 0 Å². The number of carbonyl (C=O) groups is 1. The van der Waals surface area contributed by atoms with Crippen LogP contribution < -0.4 is 0 Å². The van der Waals surface area contributed by atoms with Crippen LogP contribution >= 0.6 is 0 Å². The number of aliphatic hydroxyl groups is 1. The first-order chi connectivity index (χ1) is 5.95. The van der Waals surface area contributed by atoms with Gasteiger partial charge in [0.15, 0.2) is 6.29 Å². The highest BCUT2D eigenvalue weighted by molar-refractivity contribution is 5.64. The van der Waals surface area contributed by atoms with E-state index < -0.39 is 17.2 Å². The summed E-state index contributed by atoms with van der Waals surface area (Å²) >= 11 is 0. The molecule has 0 saturated carbocycles. The van der Waals surface area contributed by atoms with Gasteiger partial charge in [0.1, 0.15) is 17.2 Å². The van der Waals surface area contributed by atoms with Gasteiger partial charge in [0.05, 0.1) is 0 Å². The fraction of sp³-hybridized carbons (Fsp3) is 0.222. The van der Waals surface area contributed by atoms with Gasteiger partial charge in [-0.2, -0.15) is 0 Å². The SMILES string of the molecule is CC(O)(C=O)c1cc(F)cc(F)c1. The summed E-state index contributed by atoms with van der Waals surface area (Å²) in [5.74, 6) is -1.64. The van der Waals surface area contributed by atoms with E-state index in [-0.39, 0.29) is 11.8 Å². The molecule has 1 rings (SSSR count). The molecule has 1 unspecified atom stereocenters. The third kappa shape index (κ3) is 2.09. The second-order valence-electron chi connectivity index (χ2n) is 2.92. The number of hydrogen-bond acceptors (Lipinski definition) is 2. The van der Waals surface area contributed by atoms with Crippen molar-refractivity contribution in [2.75, 3.05) is 0 Å². The van der Waals surface area contributed by atoms with Crippen molar-refractivity contribution in [1.29, 1.82) is 0 Å². The minimum atomic E-state index is -1.84. The Morgan fingerprint density at radius 2 is 1.77 bits per heavy atom. The molecule has 0 bridgehead atoms. The van der Waals surface area contributed by atoms with E-state index in [0.717, 1.165) is 19.1 Å². The number of benzene rings is 1. The average molecular weight is 186 g/mol. The molecule has 2 nitrogen and oxygen atoms in total. The maximum absolute atomic E-state index is 12.6. The van der Waals surface area contributed by atoms with Gasteiger partial charge < -0.3 is 5.11 Å². The van der Waals surface area contributed by atoms with Gasteiger partial charge in [-0.1, -0.05) is 0 Å². The topological polar surface area (TPSA) is 37.3 Å². The third-order valence-electron chi connectivity index (χ3n) is 1.68. The zero-order valence-electron chi connectivity index (χ0n) is 6.92. The van der Waals surface area contributed by atoms with E-state index >= 15 is 0 Å². The maximum atomic E-state index is 12.6. The van der Waals surface area contributed by atoms with Crippen molar-refractivity contribution in [3.05, 3.63) is 35.4 Å². The average Bonchev–Trinajstić information content (AvgIpc) is 2.02. The number of rotatable bonds is 2. The molecule has 4 heteroatoms. The first kappa shape index (κ1) is 9.80. The molecule has 0 spiro atoms. The van der Waals surface area contributed by atoms with Gasteiger partial charge in [-0.15, -0.1) is 0 Å². The van der Waals surface area contributed by atoms with Crippen LogP contribution in [0.15, 0.2) is 18.2 Å². The van der Waals surface area contributed by atoms with Crippen LogP contribution in [-0.2, 0) is 10.4 Å². The summed E-state index contributed by atoms with van der Waals surface area (Å²) in [6, 6.07) is 2.50. The Hall–Kier alpha value is -1.29. The zero-order valence-corrected chi connectivity index (χ0v) is 6.92. The molecule has 0 aliphatic rings. The first-order valence-corrected chi connectivity index (χ1v) is 3.61. The molecule has 1 atom stereocenters. The summed E-state index contributed by atoms with van der Waals surface area (Å²) in [6.07, 6.45) is 0.223. The second kappa shape index (κ2) is 3.22. The number of halogens is 2. The highest BCUT2D eigenvalue weighted by Crippen LogP contribution is 2.19. The molecular formula is C9H8F2O2. The van der Waals surface area contributed by atoms with Crippen LogP contribution in [0, 0.1) is 11.6 Å². The highest BCUT2D eigenvalue weighted by atomic mass is 19.1. The predicted octanol–water partition coefficient (Wildman–Crippen LogP) is 1.37. The summed E-state index contributed by atoms with van der Waals surface area (Å²) in [5, 5.41) is 9.34. The number of hydrogen-bond donors (Lipinski definition) is 1. The fourth-order valence-corrected chi connectivity index (χ4v) is 0.914. The zero-order chi connectivity index (χ0) is 10.1. The lowest BCUT2D eigenvalue weighted by Crippen LogP contribution is -2.23. The minimum Gasteiger partial charge on any atom is -0.378 e. The number of aldehydes is 1. The van der Waals surface area contributed by atoms with Crippen LogP contribution in [0.5, 0.6) is 0 Å². The van der Waals surface area contributed by atoms with Crippen molar-refractivity contribution >= 4 is 6.29 Å². The van der Waals surface area contributed by atoms with Gasteiger partial charge in [-0.05, 0) is 24.6 Å². The van der Waals surface area contributed by atoms with Crippen molar-refractivity contribution in [2.24, 2.45) is 0 Å². The predicted molar refractivity (Wildman–Crippen MR) is 42.0 cm³/mol. The molecule has 1 aromatic carbocycles. The van der Waals surface area contributed by atoms with Crippen LogP contribution in [0.1, 0.15) is 12.5 Å². The molecule has 0 aliphatic heterocycles. The van der Waals surface area contributed by atoms with Crippen molar-refractivity contribution in [3.8, 4) is 0 Å². The lowest BCUT2D eigenvalue weighted by Gasteiger charge is -2.15. The van der Waals surface area contributed by atoms with E-state index in [0.29, 0.717) is 6.07 Å². The molecule has 1 aromatic rings. The molecule has 0 radical (unpaired) electrons. The van der Waals surface area contributed by atoms with Crippen molar-refractivity contribution < 1.29 is 18.7 Å². The summed E-state index contributed by atoms with van der Waals surface area (Å²) < 4.78 is 25.3. The highest BCUT2D eigenvalue weighted by Gasteiger charge is 2.23. The fourth-order valence-electron chi connectivity index (χ4n) is 0.914. The molecule has 0 aliphatic carbocycles. The summed E-state index contributed by atoms with van der Waals surface area (Å²) in [5.41, 5.74) is -1.94. The molecule has 13 heavy (non-hydrogen) atoms. The van der Waals surface area contributed by atoms with Crippen molar-refractivity contribution in [3.63, 3.8) is 0 Å². The Bertz CT molecular complexity index is 314. The molecule has 70 valence electrons. The number of carbonyl (C=O) groups excluding carboxylic acids is 1. The lowest BCUT2D eigenvalue weighted by atomic mass is 9.98. The van der Waals surface area contributed by atoms with Gasteiger partial charge in [0.2, 0.25) is 0 Å². The molecule has 1 N–H and O–H groups in total. The van der Waals surface area contributed by atoms with Gasteiger partial charge in [0, 0.05) is 6.07 Å². The van der Waals surface area contributed by atoms with Gasteiger partial charge in [0.25, 0.3) is 0 Å². The van der Waals surface area contributed by atoms with Crippen LogP contribution in [0.3, 0.4) is 0 Å². The Morgan fingerprint density at radius 1 is 1.31 bits per heavy atom. The molecule has 0 fully saturated rings. The third-order valence-corrected chi connectivity index (χ3v) is 1.68. The Labute approximate surface area is 73.8 Å². The standard InChI is InChI=1S/C9H8F2O2/c1-9(13,5-12)6-2-7(10)4-8(11)3-6/h2-5,13H,1H3. The van der Waals surface area contributed by atoms with E-state index in [2.05, 4.69) is 0 Å². The maximum Gasteiger partial charge on any atom is 0.155 e.